The van der Waals surface area contributed by atoms with Gasteiger partial charge >= 0.3 is 5.97 Å². The zero-order valence-electron chi connectivity index (χ0n) is 14.1. The molecule has 0 aliphatic carbocycles. The van der Waals surface area contributed by atoms with Crippen molar-refractivity contribution in [3.63, 3.8) is 0 Å². The van der Waals surface area contributed by atoms with Gasteiger partial charge in [-0.3, -0.25) is 4.90 Å². The Balaban J connectivity index is 0.00000208. The van der Waals surface area contributed by atoms with Crippen LogP contribution in [0.2, 0.25) is 0 Å². The zero-order chi connectivity index (χ0) is 16.4. The Labute approximate surface area is 147 Å². The van der Waals surface area contributed by atoms with Gasteiger partial charge in [0.15, 0.2) is 0 Å². The molecule has 0 aromatic carbocycles. The quantitative estimate of drug-likeness (QED) is 0.842. The third kappa shape index (κ3) is 3.63. The van der Waals surface area contributed by atoms with Crippen molar-refractivity contribution in [3.05, 3.63) is 41.4 Å². The van der Waals surface area contributed by atoms with E-state index in [9.17, 15) is 4.79 Å². The average molecular weight is 355 g/mol. The maximum atomic E-state index is 11.7. The summed E-state index contributed by atoms with van der Waals surface area (Å²) in [6, 6.07) is 1.95. The molecule has 0 radical (unpaired) electrons. The molecule has 1 N–H and O–H groups in total. The second kappa shape index (κ2) is 7.83. The summed E-state index contributed by atoms with van der Waals surface area (Å²) in [5.74, 6) is 2.02. The van der Waals surface area contributed by atoms with Gasteiger partial charge in [0, 0.05) is 39.1 Å². The van der Waals surface area contributed by atoms with Crippen LogP contribution in [-0.4, -0.2) is 47.2 Å². The SMILES string of the molecule is COC(=O)c1cc(CN2CCNCC2c2nccn2C)oc1C.Cl. The van der Waals surface area contributed by atoms with Crippen molar-refractivity contribution in [3.8, 4) is 0 Å². The Morgan fingerprint density at radius 2 is 2.33 bits per heavy atom. The van der Waals surface area contributed by atoms with Gasteiger partial charge in [-0.25, -0.2) is 9.78 Å². The number of esters is 1. The molecule has 0 amide bonds. The maximum absolute atomic E-state index is 11.7. The first-order valence-corrected chi connectivity index (χ1v) is 7.69. The van der Waals surface area contributed by atoms with E-state index in [-0.39, 0.29) is 24.4 Å². The fourth-order valence-electron chi connectivity index (χ4n) is 3.02. The maximum Gasteiger partial charge on any atom is 0.341 e. The van der Waals surface area contributed by atoms with Crippen molar-refractivity contribution in [2.24, 2.45) is 7.05 Å². The average Bonchev–Trinajstić information content (AvgIpc) is 3.13. The molecule has 0 spiro atoms. The smallest absolute Gasteiger partial charge is 0.341 e. The van der Waals surface area contributed by atoms with Gasteiger partial charge < -0.3 is 19.0 Å². The number of halogens is 1. The number of imidazole rings is 1. The number of piperazine rings is 1. The van der Waals surface area contributed by atoms with Crippen LogP contribution in [0.3, 0.4) is 0 Å². The van der Waals surface area contributed by atoms with E-state index in [0.29, 0.717) is 17.9 Å². The van der Waals surface area contributed by atoms with Gasteiger partial charge in [0.25, 0.3) is 0 Å². The highest BCUT2D eigenvalue weighted by molar-refractivity contribution is 5.90. The fourth-order valence-corrected chi connectivity index (χ4v) is 3.02. The van der Waals surface area contributed by atoms with Gasteiger partial charge in [-0.05, 0) is 13.0 Å². The van der Waals surface area contributed by atoms with Crippen molar-refractivity contribution >= 4 is 18.4 Å². The minimum atomic E-state index is -0.363. The standard InChI is InChI=1S/C16H22N4O3.ClH/c1-11-13(16(21)22-3)8-12(23-11)10-20-7-4-17-9-14(20)15-18-5-6-19(15)2;/h5-6,8,14,17H,4,7,9-10H2,1-3H3;1H. The van der Waals surface area contributed by atoms with Crippen LogP contribution >= 0.6 is 12.4 Å². The molecule has 1 atom stereocenters. The number of carbonyl (C=O) groups excluding carboxylic acids is 1. The summed E-state index contributed by atoms with van der Waals surface area (Å²) in [7, 11) is 3.38. The molecule has 1 aliphatic heterocycles. The summed E-state index contributed by atoms with van der Waals surface area (Å²) >= 11 is 0. The van der Waals surface area contributed by atoms with E-state index in [2.05, 4.69) is 15.2 Å². The van der Waals surface area contributed by atoms with E-state index in [1.165, 1.54) is 7.11 Å². The molecule has 24 heavy (non-hydrogen) atoms. The van der Waals surface area contributed by atoms with Crippen molar-refractivity contribution in [1.82, 2.24) is 19.8 Å². The number of aryl methyl sites for hydroxylation is 2. The van der Waals surface area contributed by atoms with Gasteiger partial charge in [0.05, 0.1) is 19.7 Å². The summed E-state index contributed by atoms with van der Waals surface area (Å²) in [5.41, 5.74) is 0.492. The molecule has 3 heterocycles. The molecule has 1 aliphatic rings. The van der Waals surface area contributed by atoms with Gasteiger partial charge in [0.1, 0.15) is 22.9 Å². The van der Waals surface area contributed by atoms with E-state index in [0.717, 1.165) is 31.2 Å². The number of nitrogens with one attached hydrogen (secondary N) is 1. The Hall–Kier alpha value is -1.83. The first-order valence-electron chi connectivity index (χ1n) is 7.69. The monoisotopic (exact) mass is 354 g/mol. The summed E-state index contributed by atoms with van der Waals surface area (Å²) in [6.07, 6.45) is 3.77. The predicted octanol–water partition coefficient (Wildman–Crippen LogP) is 1.68. The van der Waals surface area contributed by atoms with E-state index in [1.54, 1.807) is 13.0 Å². The second-order valence-electron chi connectivity index (χ2n) is 5.76. The molecule has 1 fully saturated rings. The topological polar surface area (TPSA) is 72.5 Å². The number of ether oxygens (including phenoxy) is 1. The van der Waals surface area contributed by atoms with Gasteiger partial charge in [-0.1, -0.05) is 0 Å². The fraction of sp³-hybridized carbons (Fsp3) is 0.500. The zero-order valence-corrected chi connectivity index (χ0v) is 14.9. The van der Waals surface area contributed by atoms with E-state index in [4.69, 9.17) is 9.15 Å². The van der Waals surface area contributed by atoms with Crippen molar-refractivity contribution in [2.75, 3.05) is 26.7 Å². The summed E-state index contributed by atoms with van der Waals surface area (Å²) in [6.45, 7) is 5.07. The number of methoxy groups -OCH3 is 1. The Morgan fingerprint density at radius 1 is 1.54 bits per heavy atom. The lowest BCUT2D eigenvalue weighted by Crippen LogP contribution is -2.46. The number of rotatable bonds is 4. The number of hydrogen-bond acceptors (Lipinski definition) is 6. The first-order chi connectivity index (χ1) is 11.1. The number of carbonyl (C=O) groups is 1. The minimum Gasteiger partial charge on any atom is -0.465 e. The molecule has 7 nitrogen and oxygen atoms in total. The Morgan fingerprint density at radius 3 is 3.00 bits per heavy atom. The highest BCUT2D eigenvalue weighted by Crippen LogP contribution is 2.24. The third-order valence-electron chi connectivity index (χ3n) is 4.24. The van der Waals surface area contributed by atoms with E-state index < -0.39 is 0 Å². The molecular formula is C16H23ClN4O3. The van der Waals surface area contributed by atoms with Crippen molar-refractivity contribution in [2.45, 2.75) is 19.5 Å². The summed E-state index contributed by atoms with van der Waals surface area (Å²) in [4.78, 5) is 18.5. The number of furan rings is 1. The highest BCUT2D eigenvalue weighted by Gasteiger charge is 2.28. The molecule has 2 aromatic rings. The lowest BCUT2D eigenvalue weighted by Gasteiger charge is -2.35. The van der Waals surface area contributed by atoms with Crippen LogP contribution in [0.5, 0.6) is 0 Å². The lowest BCUT2D eigenvalue weighted by atomic mass is 10.1. The second-order valence-corrected chi connectivity index (χ2v) is 5.76. The molecular weight excluding hydrogens is 332 g/mol. The molecule has 0 saturated carbocycles. The first kappa shape index (κ1) is 18.5. The lowest BCUT2D eigenvalue weighted by molar-refractivity contribution is 0.0599. The number of hydrogen-bond donors (Lipinski definition) is 1. The van der Waals surface area contributed by atoms with E-state index >= 15 is 0 Å². The van der Waals surface area contributed by atoms with Gasteiger partial charge in [-0.2, -0.15) is 0 Å². The molecule has 2 aromatic heterocycles. The van der Waals surface area contributed by atoms with Crippen molar-refractivity contribution in [1.29, 1.82) is 0 Å². The van der Waals surface area contributed by atoms with Crippen molar-refractivity contribution < 1.29 is 13.9 Å². The van der Waals surface area contributed by atoms with Crippen LogP contribution in [-0.2, 0) is 18.3 Å². The number of nitrogens with zero attached hydrogens (tertiary/aromatic N) is 3. The van der Waals surface area contributed by atoms with Crippen LogP contribution in [0.4, 0.5) is 0 Å². The summed E-state index contributed by atoms with van der Waals surface area (Å²) < 4.78 is 12.6. The Kier molecular flexibility index (Phi) is 6.04. The van der Waals surface area contributed by atoms with E-state index in [1.807, 2.05) is 24.0 Å². The largest absolute Gasteiger partial charge is 0.465 e. The van der Waals surface area contributed by atoms with Gasteiger partial charge in [0.2, 0.25) is 0 Å². The van der Waals surface area contributed by atoms with Crippen LogP contribution in [0.25, 0.3) is 0 Å². The number of aromatic nitrogens is 2. The predicted molar refractivity (Wildman–Crippen MR) is 91.3 cm³/mol. The van der Waals surface area contributed by atoms with Crippen LogP contribution in [0.15, 0.2) is 22.9 Å². The molecule has 0 bridgehead atoms. The molecule has 3 rings (SSSR count). The minimum absolute atomic E-state index is 0. The van der Waals surface area contributed by atoms with Crippen LogP contribution in [0.1, 0.15) is 33.7 Å². The molecule has 1 unspecified atom stereocenters. The normalized spacial score (nSPS) is 18.2. The Bertz CT molecular complexity index is 697. The summed E-state index contributed by atoms with van der Waals surface area (Å²) in [5, 5.41) is 3.41. The van der Waals surface area contributed by atoms with Crippen LogP contribution < -0.4 is 5.32 Å². The molecule has 8 heteroatoms. The highest BCUT2D eigenvalue weighted by atomic mass is 35.5. The van der Waals surface area contributed by atoms with Crippen LogP contribution in [0, 0.1) is 6.92 Å². The third-order valence-corrected chi connectivity index (χ3v) is 4.24. The molecule has 132 valence electrons. The molecule has 1 saturated heterocycles. The van der Waals surface area contributed by atoms with Gasteiger partial charge in [-0.15, -0.1) is 12.4 Å².